The van der Waals surface area contributed by atoms with Gasteiger partial charge in [0.05, 0.1) is 0 Å². The summed E-state index contributed by atoms with van der Waals surface area (Å²) in [6, 6.07) is 0. The predicted molar refractivity (Wildman–Crippen MR) is 36.3 cm³/mol. The van der Waals surface area contributed by atoms with E-state index in [-0.39, 0.29) is 5.97 Å². The third-order valence-corrected chi connectivity index (χ3v) is 2.27. The van der Waals surface area contributed by atoms with Crippen molar-refractivity contribution >= 4 is 5.97 Å². The average Bonchev–Trinajstić information content (AvgIpc) is 2.42. The van der Waals surface area contributed by atoms with Gasteiger partial charge in [0.25, 0.3) is 0 Å². The quantitative estimate of drug-likeness (QED) is 0.507. The smallest absolute Gasteiger partial charge is 0.331 e. The predicted octanol–water partition coefficient (Wildman–Crippen LogP) is 1.13. The van der Waals surface area contributed by atoms with Gasteiger partial charge in [0, 0.05) is 6.08 Å². The Hall–Kier alpha value is -0.790. The minimum atomic E-state index is -0.158. The summed E-state index contributed by atoms with van der Waals surface area (Å²) in [5.74, 6) is 1.28. The molecule has 54 valence electrons. The molecule has 0 amide bonds. The van der Waals surface area contributed by atoms with Crippen LogP contribution in [0.2, 0.25) is 0 Å². The largest absolute Gasteiger partial charge is 0.458 e. The molecular weight excluding hydrogens is 128 g/mol. The number of cyclic esters (lactones) is 1. The second-order valence-corrected chi connectivity index (χ2v) is 3.15. The molecule has 1 aliphatic heterocycles. The summed E-state index contributed by atoms with van der Waals surface area (Å²) in [6.45, 7) is 2.75. The zero-order valence-electron chi connectivity index (χ0n) is 5.96. The first kappa shape index (κ1) is 5.96. The first-order valence-corrected chi connectivity index (χ1v) is 3.64. The fourth-order valence-electron chi connectivity index (χ4n) is 1.44. The number of ether oxygens (including phenoxy) is 1. The number of carbonyl (C=O) groups excluding carboxylic acids is 1. The summed E-state index contributed by atoms with van der Waals surface area (Å²) in [6.07, 6.45) is 2.89. The van der Waals surface area contributed by atoms with Crippen LogP contribution < -0.4 is 0 Å². The Morgan fingerprint density at radius 3 is 2.80 bits per heavy atom. The molecule has 1 aliphatic carbocycles. The molecule has 1 heterocycles. The lowest BCUT2D eigenvalue weighted by molar-refractivity contribution is -0.134. The van der Waals surface area contributed by atoms with Gasteiger partial charge in [-0.1, -0.05) is 6.92 Å². The normalized spacial score (nSPS) is 37.3. The Morgan fingerprint density at radius 1 is 1.70 bits per heavy atom. The van der Waals surface area contributed by atoms with Gasteiger partial charge in [0.15, 0.2) is 0 Å². The van der Waals surface area contributed by atoms with Gasteiger partial charge < -0.3 is 4.74 Å². The molecule has 0 spiro atoms. The van der Waals surface area contributed by atoms with Crippen LogP contribution in [0, 0.1) is 11.8 Å². The van der Waals surface area contributed by atoms with Crippen LogP contribution in [0.1, 0.15) is 13.3 Å². The van der Waals surface area contributed by atoms with Gasteiger partial charge in [-0.2, -0.15) is 0 Å². The highest BCUT2D eigenvalue weighted by atomic mass is 16.5. The van der Waals surface area contributed by atoms with E-state index in [0.717, 1.165) is 5.92 Å². The maximum absolute atomic E-state index is 10.6. The SMILES string of the molecule is C[C@@H]1C[C@H]1C1=CC(=O)OC1. The van der Waals surface area contributed by atoms with Crippen molar-refractivity contribution in [3.8, 4) is 0 Å². The van der Waals surface area contributed by atoms with Crippen LogP contribution in [-0.2, 0) is 9.53 Å². The zero-order valence-corrected chi connectivity index (χ0v) is 5.96. The molecule has 0 bridgehead atoms. The number of hydrogen-bond donors (Lipinski definition) is 0. The van der Waals surface area contributed by atoms with Crippen LogP contribution in [0.4, 0.5) is 0 Å². The molecule has 0 N–H and O–H groups in total. The van der Waals surface area contributed by atoms with Gasteiger partial charge in [0.2, 0.25) is 0 Å². The molecule has 2 rings (SSSR count). The molecule has 1 fully saturated rings. The van der Waals surface area contributed by atoms with Gasteiger partial charge in [-0.3, -0.25) is 0 Å². The van der Waals surface area contributed by atoms with Crippen LogP contribution in [0.15, 0.2) is 11.6 Å². The van der Waals surface area contributed by atoms with Crippen molar-refractivity contribution in [2.24, 2.45) is 11.8 Å². The van der Waals surface area contributed by atoms with Crippen molar-refractivity contribution in [1.29, 1.82) is 0 Å². The highest BCUT2D eigenvalue weighted by Gasteiger charge is 2.37. The highest BCUT2D eigenvalue weighted by Crippen LogP contribution is 2.44. The topological polar surface area (TPSA) is 26.3 Å². The van der Waals surface area contributed by atoms with Gasteiger partial charge in [-0.05, 0) is 23.8 Å². The second-order valence-electron chi connectivity index (χ2n) is 3.15. The lowest BCUT2D eigenvalue weighted by Crippen LogP contribution is -1.92. The summed E-state index contributed by atoms with van der Waals surface area (Å²) in [5.41, 5.74) is 1.21. The molecule has 0 aromatic heterocycles. The van der Waals surface area contributed by atoms with Crippen molar-refractivity contribution in [1.82, 2.24) is 0 Å². The van der Waals surface area contributed by atoms with Gasteiger partial charge in [-0.15, -0.1) is 0 Å². The van der Waals surface area contributed by atoms with Crippen LogP contribution in [0.5, 0.6) is 0 Å². The van der Waals surface area contributed by atoms with E-state index in [4.69, 9.17) is 4.74 Å². The van der Waals surface area contributed by atoms with E-state index >= 15 is 0 Å². The Morgan fingerprint density at radius 2 is 2.40 bits per heavy atom. The molecule has 2 heteroatoms. The van der Waals surface area contributed by atoms with Gasteiger partial charge in [0.1, 0.15) is 6.61 Å². The van der Waals surface area contributed by atoms with E-state index < -0.39 is 0 Å². The van der Waals surface area contributed by atoms with Crippen LogP contribution in [0.25, 0.3) is 0 Å². The van der Waals surface area contributed by atoms with E-state index in [1.54, 1.807) is 6.08 Å². The Bertz CT molecular complexity index is 205. The Kier molecular flexibility index (Phi) is 1.10. The molecule has 1 saturated carbocycles. The minimum absolute atomic E-state index is 0.158. The average molecular weight is 138 g/mol. The number of hydrogen-bond acceptors (Lipinski definition) is 2. The maximum Gasteiger partial charge on any atom is 0.331 e. The summed E-state index contributed by atoms with van der Waals surface area (Å²) < 4.78 is 4.78. The van der Waals surface area contributed by atoms with Crippen molar-refractivity contribution in [3.63, 3.8) is 0 Å². The summed E-state index contributed by atoms with van der Waals surface area (Å²) in [4.78, 5) is 10.6. The third-order valence-electron chi connectivity index (χ3n) is 2.27. The number of rotatable bonds is 1. The summed E-state index contributed by atoms with van der Waals surface area (Å²) >= 11 is 0. The van der Waals surface area contributed by atoms with Crippen molar-refractivity contribution in [2.75, 3.05) is 6.61 Å². The van der Waals surface area contributed by atoms with E-state index in [1.165, 1.54) is 12.0 Å². The first-order valence-electron chi connectivity index (χ1n) is 3.64. The maximum atomic E-state index is 10.6. The molecule has 0 aromatic rings. The fraction of sp³-hybridized carbons (Fsp3) is 0.625. The summed E-state index contributed by atoms with van der Waals surface area (Å²) in [5, 5.41) is 0. The van der Waals surface area contributed by atoms with Gasteiger partial charge in [-0.25, -0.2) is 4.79 Å². The highest BCUT2D eigenvalue weighted by molar-refractivity contribution is 5.85. The monoisotopic (exact) mass is 138 g/mol. The van der Waals surface area contributed by atoms with Crippen molar-refractivity contribution in [3.05, 3.63) is 11.6 Å². The Balaban J connectivity index is 2.06. The number of esters is 1. The standard InChI is InChI=1S/C8H10O2/c1-5-2-7(5)6-3-8(9)10-4-6/h3,5,7H,2,4H2,1H3/t5-,7-/m1/s1. The molecule has 2 nitrogen and oxygen atoms in total. The molecule has 0 unspecified atom stereocenters. The lowest BCUT2D eigenvalue weighted by atomic mass is 10.1. The van der Waals surface area contributed by atoms with Crippen LogP contribution in [0.3, 0.4) is 0 Å². The van der Waals surface area contributed by atoms with E-state index in [2.05, 4.69) is 6.92 Å². The lowest BCUT2D eigenvalue weighted by Gasteiger charge is -1.93. The minimum Gasteiger partial charge on any atom is -0.458 e. The van der Waals surface area contributed by atoms with Crippen molar-refractivity contribution < 1.29 is 9.53 Å². The van der Waals surface area contributed by atoms with Crippen LogP contribution in [-0.4, -0.2) is 12.6 Å². The first-order chi connectivity index (χ1) is 4.77. The van der Waals surface area contributed by atoms with Crippen molar-refractivity contribution in [2.45, 2.75) is 13.3 Å². The molecule has 0 radical (unpaired) electrons. The van der Waals surface area contributed by atoms with Crippen LogP contribution >= 0.6 is 0 Å². The molecule has 2 aliphatic rings. The fourth-order valence-corrected chi connectivity index (χ4v) is 1.44. The van der Waals surface area contributed by atoms with Gasteiger partial charge >= 0.3 is 5.97 Å². The number of carbonyl (C=O) groups is 1. The molecule has 10 heavy (non-hydrogen) atoms. The molecule has 2 atom stereocenters. The third kappa shape index (κ3) is 0.838. The summed E-state index contributed by atoms with van der Waals surface area (Å²) in [7, 11) is 0. The molecule has 0 saturated heterocycles. The Labute approximate surface area is 59.9 Å². The molecular formula is C8H10O2. The molecule has 0 aromatic carbocycles. The second kappa shape index (κ2) is 1.84. The van der Waals surface area contributed by atoms with E-state index in [1.807, 2.05) is 0 Å². The van der Waals surface area contributed by atoms with E-state index in [0.29, 0.717) is 12.5 Å². The van der Waals surface area contributed by atoms with E-state index in [9.17, 15) is 4.79 Å². The zero-order chi connectivity index (χ0) is 7.14.